The summed E-state index contributed by atoms with van der Waals surface area (Å²) in [6, 6.07) is 14.5. The summed E-state index contributed by atoms with van der Waals surface area (Å²) in [5.41, 5.74) is 1.92. The van der Waals surface area contributed by atoms with E-state index in [-0.39, 0.29) is 5.69 Å². The molecule has 162 valence electrons. The first-order valence-corrected chi connectivity index (χ1v) is 9.61. The number of ether oxygens (including phenoxy) is 1. The highest BCUT2D eigenvalue weighted by atomic mass is 16.6. The second-order valence-corrected chi connectivity index (χ2v) is 7.35. The minimum absolute atomic E-state index is 0.0224. The molecule has 3 rings (SSSR count). The number of nitrogens with zero attached hydrogens (tertiary/aromatic N) is 3. The molecule has 0 amide bonds. The van der Waals surface area contributed by atoms with Gasteiger partial charge in [-0.3, -0.25) is 19.8 Å². The highest BCUT2D eigenvalue weighted by Gasteiger charge is 2.20. The molecule has 31 heavy (non-hydrogen) atoms. The number of likely N-dealkylation sites (N-methyl/N-ethyl adjacent to an activating group) is 1. The van der Waals surface area contributed by atoms with E-state index < -0.39 is 23.0 Å². The fourth-order valence-corrected chi connectivity index (χ4v) is 3.08. The number of benzene rings is 2. The molecule has 9 heteroatoms. The first kappa shape index (κ1) is 22.0. The molecule has 3 aromatic rings. The number of nitro groups is 1. The molecular formula is C22H23N3O6. The predicted molar refractivity (Wildman–Crippen MR) is 113 cm³/mol. The van der Waals surface area contributed by atoms with E-state index in [2.05, 4.69) is 5.16 Å². The number of aromatic nitrogens is 1. The molecule has 0 unspecified atom stereocenters. The minimum Gasteiger partial charge on any atom is -0.483 e. The van der Waals surface area contributed by atoms with Crippen molar-refractivity contribution in [2.45, 2.75) is 25.5 Å². The van der Waals surface area contributed by atoms with E-state index >= 15 is 0 Å². The average molecular weight is 425 g/mol. The van der Waals surface area contributed by atoms with Crippen LogP contribution in [0.4, 0.5) is 5.69 Å². The summed E-state index contributed by atoms with van der Waals surface area (Å²) in [7, 11) is 3.47. The van der Waals surface area contributed by atoms with Gasteiger partial charge in [0.2, 0.25) is 0 Å². The molecule has 1 aromatic heterocycles. The van der Waals surface area contributed by atoms with Crippen LogP contribution < -0.4 is 4.74 Å². The van der Waals surface area contributed by atoms with Gasteiger partial charge in [-0.25, -0.2) is 0 Å². The van der Waals surface area contributed by atoms with Crippen molar-refractivity contribution < 1.29 is 24.1 Å². The maximum atomic E-state index is 11.4. The van der Waals surface area contributed by atoms with Crippen molar-refractivity contribution in [3.63, 3.8) is 0 Å². The van der Waals surface area contributed by atoms with Gasteiger partial charge in [0.05, 0.1) is 4.92 Å². The number of non-ortho nitro benzene ring substituents is 1. The van der Waals surface area contributed by atoms with Crippen molar-refractivity contribution in [3.8, 4) is 17.0 Å². The van der Waals surface area contributed by atoms with Crippen LogP contribution in [0.5, 0.6) is 5.75 Å². The molecule has 0 aliphatic rings. The van der Waals surface area contributed by atoms with E-state index in [1.165, 1.54) is 12.1 Å². The van der Waals surface area contributed by atoms with Gasteiger partial charge in [0, 0.05) is 23.8 Å². The average Bonchev–Trinajstić information content (AvgIpc) is 3.23. The Labute approximate surface area is 179 Å². The van der Waals surface area contributed by atoms with Crippen molar-refractivity contribution >= 4 is 11.7 Å². The molecule has 0 fully saturated rings. The predicted octanol–water partition coefficient (Wildman–Crippen LogP) is 3.95. The van der Waals surface area contributed by atoms with Crippen LogP contribution in [0, 0.1) is 10.1 Å². The molecule has 2 atom stereocenters. The highest BCUT2D eigenvalue weighted by molar-refractivity contribution is 5.73. The SMILES string of the molecule is C[C@H](Oc1ccc(C[C@@H](C(=O)O)N(C)C)cc1)c1cc(-c2cccc([N+](=O)[O-])c2)no1. The second kappa shape index (κ2) is 9.40. The zero-order chi connectivity index (χ0) is 22.5. The Kier molecular flexibility index (Phi) is 6.66. The summed E-state index contributed by atoms with van der Waals surface area (Å²) in [5, 5.41) is 24.3. The van der Waals surface area contributed by atoms with Crippen molar-refractivity contribution in [3.05, 3.63) is 76.0 Å². The van der Waals surface area contributed by atoms with E-state index in [0.717, 1.165) is 5.56 Å². The molecule has 0 radical (unpaired) electrons. The van der Waals surface area contributed by atoms with Gasteiger partial charge >= 0.3 is 5.97 Å². The first-order chi connectivity index (χ1) is 14.7. The zero-order valence-electron chi connectivity index (χ0n) is 17.4. The van der Waals surface area contributed by atoms with Gasteiger partial charge < -0.3 is 14.4 Å². The molecule has 0 spiro atoms. The molecule has 0 aliphatic heterocycles. The van der Waals surface area contributed by atoms with Crippen LogP contribution in [0.2, 0.25) is 0 Å². The van der Waals surface area contributed by atoms with E-state index in [4.69, 9.17) is 9.26 Å². The molecule has 0 bridgehead atoms. The number of aliphatic carboxylic acids is 1. The Hall–Kier alpha value is -3.72. The van der Waals surface area contributed by atoms with E-state index in [0.29, 0.717) is 29.2 Å². The van der Waals surface area contributed by atoms with Gasteiger partial charge in [-0.05, 0) is 45.1 Å². The third-order valence-corrected chi connectivity index (χ3v) is 4.86. The zero-order valence-corrected chi connectivity index (χ0v) is 17.4. The number of carboxylic acid groups (broad SMARTS) is 1. The van der Waals surface area contributed by atoms with Gasteiger partial charge in [-0.1, -0.05) is 29.4 Å². The Morgan fingerprint density at radius 3 is 2.55 bits per heavy atom. The molecule has 9 nitrogen and oxygen atoms in total. The van der Waals surface area contributed by atoms with Crippen molar-refractivity contribution in [1.29, 1.82) is 0 Å². The fraction of sp³-hybridized carbons (Fsp3) is 0.273. The smallest absolute Gasteiger partial charge is 0.321 e. The van der Waals surface area contributed by atoms with Gasteiger partial charge in [0.1, 0.15) is 17.5 Å². The van der Waals surface area contributed by atoms with Crippen LogP contribution in [0.15, 0.2) is 59.1 Å². The largest absolute Gasteiger partial charge is 0.483 e. The Bertz CT molecular complexity index is 1060. The van der Waals surface area contributed by atoms with E-state index in [1.807, 2.05) is 12.1 Å². The number of carbonyl (C=O) groups is 1. The summed E-state index contributed by atoms with van der Waals surface area (Å²) in [5.74, 6) is 0.203. The molecule has 0 saturated heterocycles. The summed E-state index contributed by atoms with van der Waals surface area (Å²) in [6.45, 7) is 1.80. The van der Waals surface area contributed by atoms with Gasteiger partial charge in [-0.2, -0.15) is 0 Å². The van der Waals surface area contributed by atoms with Crippen molar-refractivity contribution in [2.24, 2.45) is 0 Å². The maximum absolute atomic E-state index is 11.4. The van der Waals surface area contributed by atoms with Crippen molar-refractivity contribution in [1.82, 2.24) is 10.1 Å². The van der Waals surface area contributed by atoms with Crippen LogP contribution in [0.1, 0.15) is 24.4 Å². The molecule has 2 aromatic carbocycles. The number of hydrogen-bond donors (Lipinski definition) is 1. The van der Waals surface area contributed by atoms with Crippen LogP contribution in [0.3, 0.4) is 0 Å². The number of rotatable bonds is 9. The quantitative estimate of drug-likeness (QED) is 0.404. The third-order valence-electron chi connectivity index (χ3n) is 4.86. The lowest BCUT2D eigenvalue weighted by atomic mass is 10.1. The van der Waals surface area contributed by atoms with E-state index in [9.17, 15) is 20.0 Å². The minimum atomic E-state index is -0.871. The highest BCUT2D eigenvalue weighted by Crippen LogP contribution is 2.28. The Balaban J connectivity index is 1.67. The summed E-state index contributed by atoms with van der Waals surface area (Å²) < 4.78 is 11.3. The monoisotopic (exact) mass is 425 g/mol. The third kappa shape index (κ3) is 5.46. The van der Waals surface area contributed by atoms with Crippen LogP contribution in [-0.2, 0) is 11.2 Å². The van der Waals surface area contributed by atoms with Gasteiger partial charge in [0.25, 0.3) is 5.69 Å². The van der Waals surface area contributed by atoms with Crippen LogP contribution in [-0.4, -0.2) is 46.2 Å². The number of nitro benzene ring substituents is 1. The van der Waals surface area contributed by atoms with Crippen molar-refractivity contribution in [2.75, 3.05) is 14.1 Å². The lowest BCUT2D eigenvalue weighted by Crippen LogP contribution is -2.37. The van der Waals surface area contributed by atoms with Crippen LogP contribution in [0.25, 0.3) is 11.3 Å². The van der Waals surface area contributed by atoms with E-state index in [1.54, 1.807) is 56.3 Å². The summed E-state index contributed by atoms with van der Waals surface area (Å²) >= 11 is 0. The summed E-state index contributed by atoms with van der Waals surface area (Å²) in [4.78, 5) is 23.5. The fourth-order valence-electron chi connectivity index (χ4n) is 3.08. The van der Waals surface area contributed by atoms with Crippen LogP contribution >= 0.6 is 0 Å². The standard InChI is InChI=1S/C22H23N3O6/c1-14(21-13-19(23-31-21)16-5-4-6-17(12-16)25(28)29)30-18-9-7-15(8-10-18)11-20(22(26)27)24(2)3/h4-10,12-14,20H,11H2,1-3H3,(H,26,27)/t14-,20-/m0/s1. The molecule has 1 N–H and O–H groups in total. The second-order valence-electron chi connectivity index (χ2n) is 7.35. The Morgan fingerprint density at radius 1 is 1.23 bits per heavy atom. The number of carboxylic acids is 1. The molecule has 0 aliphatic carbocycles. The number of hydrogen-bond acceptors (Lipinski definition) is 7. The van der Waals surface area contributed by atoms with Gasteiger partial charge in [-0.15, -0.1) is 0 Å². The lowest BCUT2D eigenvalue weighted by molar-refractivity contribution is -0.384. The Morgan fingerprint density at radius 2 is 1.94 bits per heavy atom. The maximum Gasteiger partial charge on any atom is 0.321 e. The normalized spacial score (nSPS) is 13.0. The van der Waals surface area contributed by atoms with Gasteiger partial charge in [0.15, 0.2) is 11.9 Å². The lowest BCUT2D eigenvalue weighted by Gasteiger charge is -2.20. The summed E-state index contributed by atoms with van der Waals surface area (Å²) in [6.07, 6.45) is -0.0633. The molecule has 0 saturated carbocycles. The molecular weight excluding hydrogens is 402 g/mol. The first-order valence-electron chi connectivity index (χ1n) is 9.61. The molecule has 1 heterocycles. The topological polar surface area (TPSA) is 119 Å².